The zero-order valence-electron chi connectivity index (χ0n) is 14.0. The number of hydrogen-bond acceptors (Lipinski definition) is 5. The van der Waals surface area contributed by atoms with Gasteiger partial charge in [-0.05, 0) is 30.2 Å². The third kappa shape index (κ3) is 4.50. The highest BCUT2D eigenvalue weighted by Gasteiger charge is 2.21. The molecule has 2 heterocycles. The number of halogens is 3. The van der Waals surface area contributed by atoms with E-state index in [1.807, 2.05) is 0 Å². The summed E-state index contributed by atoms with van der Waals surface area (Å²) in [6, 6.07) is 5.91. The Kier molecular flexibility index (Phi) is 4.95. The fourth-order valence-corrected chi connectivity index (χ4v) is 2.44. The second-order valence-electron chi connectivity index (χ2n) is 5.72. The molecule has 0 aliphatic rings. The van der Waals surface area contributed by atoms with E-state index in [9.17, 15) is 18.0 Å². The molecule has 0 radical (unpaired) electrons. The summed E-state index contributed by atoms with van der Waals surface area (Å²) in [5.41, 5.74) is 2.15. The largest absolute Gasteiger partial charge is 0.420 e. The van der Waals surface area contributed by atoms with Crippen LogP contribution in [0.1, 0.15) is 27.4 Å². The predicted octanol–water partition coefficient (Wildman–Crippen LogP) is 3.85. The first-order valence-electron chi connectivity index (χ1n) is 7.79. The topological polar surface area (TPSA) is 88.2 Å². The summed E-state index contributed by atoms with van der Waals surface area (Å²) < 4.78 is 41.9. The maximum atomic E-state index is 12.4. The summed E-state index contributed by atoms with van der Waals surface area (Å²) >= 11 is 0. The lowest BCUT2D eigenvalue weighted by molar-refractivity contribution is -0.0790. The molecule has 0 aliphatic carbocycles. The molecule has 1 aromatic carbocycles. The van der Waals surface area contributed by atoms with E-state index in [1.54, 1.807) is 13.0 Å². The van der Waals surface area contributed by atoms with E-state index in [0.717, 1.165) is 6.08 Å². The molecule has 2 aromatic heterocycles. The Bertz CT molecular complexity index is 1030. The number of hydrogen-bond donors (Lipinski definition) is 2. The number of carbonyl (C=O) groups is 1. The van der Waals surface area contributed by atoms with Crippen molar-refractivity contribution in [2.24, 2.45) is 0 Å². The highest BCUT2D eigenvalue weighted by molar-refractivity contribution is 6.05. The molecule has 0 bridgehead atoms. The molecule has 0 saturated heterocycles. The second-order valence-corrected chi connectivity index (χ2v) is 5.72. The lowest BCUT2D eigenvalue weighted by atomic mass is 10.0. The van der Waals surface area contributed by atoms with E-state index >= 15 is 0 Å². The van der Waals surface area contributed by atoms with Gasteiger partial charge in [-0.1, -0.05) is 18.2 Å². The number of aliphatic hydroxyl groups is 1. The van der Waals surface area contributed by atoms with Crippen molar-refractivity contribution in [1.29, 1.82) is 0 Å². The van der Waals surface area contributed by atoms with Crippen LogP contribution in [0.3, 0.4) is 0 Å². The van der Waals surface area contributed by atoms with Gasteiger partial charge in [-0.2, -0.15) is 13.2 Å². The van der Waals surface area contributed by atoms with Gasteiger partial charge in [0.05, 0.1) is 11.9 Å². The summed E-state index contributed by atoms with van der Waals surface area (Å²) in [4.78, 5) is 20.5. The number of pyridine rings is 1. The van der Waals surface area contributed by atoms with Crippen LogP contribution in [-0.2, 0) is 6.61 Å². The van der Waals surface area contributed by atoms with Gasteiger partial charge in [0, 0.05) is 11.6 Å². The average molecular weight is 377 g/mol. The fraction of sp³-hybridized carbons (Fsp3) is 0.167. The van der Waals surface area contributed by atoms with Gasteiger partial charge in [0.25, 0.3) is 5.91 Å². The van der Waals surface area contributed by atoms with Crippen molar-refractivity contribution in [2.45, 2.75) is 19.7 Å². The van der Waals surface area contributed by atoms with Gasteiger partial charge in [0.1, 0.15) is 12.1 Å². The van der Waals surface area contributed by atoms with Crippen LogP contribution in [0.2, 0.25) is 0 Å². The van der Waals surface area contributed by atoms with E-state index in [-0.39, 0.29) is 24.3 Å². The van der Waals surface area contributed by atoms with Crippen molar-refractivity contribution in [2.75, 3.05) is 5.32 Å². The molecule has 0 fully saturated rings. The van der Waals surface area contributed by atoms with Crippen LogP contribution in [-0.4, -0.2) is 27.2 Å². The standard InChI is InChI=1S/C18H14F3N3O3/c1-10-6-11(4-5-18(19,20)21)2-3-13(10)16(26)23-12-7-14-17(22-8-12)27-15(9-25)24-14/h2-8,25H,9H2,1H3,(H,23,26). The number of oxazole rings is 1. The molecular weight excluding hydrogens is 363 g/mol. The van der Waals surface area contributed by atoms with Gasteiger partial charge in [-0.15, -0.1) is 0 Å². The summed E-state index contributed by atoms with van der Waals surface area (Å²) in [5.74, 6) is -0.329. The quantitative estimate of drug-likeness (QED) is 0.721. The second kappa shape index (κ2) is 7.20. The fourth-order valence-electron chi connectivity index (χ4n) is 2.44. The summed E-state index contributed by atoms with van der Waals surface area (Å²) in [6.07, 6.45) is -1.94. The highest BCUT2D eigenvalue weighted by atomic mass is 19.4. The monoisotopic (exact) mass is 377 g/mol. The Morgan fingerprint density at radius 1 is 1.33 bits per heavy atom. The number of nitrogens with zero attached hydrogens (tertiary/aromatic N) is 2. The number of fused-ring (bicyclic) bond motifs is 1. The Morgan fingerprint density at radius 3 is 2.78 bits per heavy atom. The molecule has 140 valence electrons. The van der Waals surface area contributed by atoms with E-state index in [2.05, 4.69) is 15.3 Å². The third-order valence-corrected chi connectivity index (χ3v) is 3.64. The number of allylic oxidation sites excluding steroid dienone is 1. The molecule has 0 atom stereocenters. The molecule has 0 unspecified atom stereocenters. The van der Waals surface area contributed by atoms with Crippen LogP contribution >= 0.6 is 0 Å². The van der Waals surface area contributed by atoms with E-state index in [0.29, 0.717) is 27.9 Å². The minimum absolute atomic E-state index is 0.110. The molecule has 27 heavy (non-hydrogen) atoms. The molecule has 0 saturated carbocycles. The minimum Gasteiger partial charge on any atom is -0.420 e. The van der Waals surface area contributed by atoms with Crippen molar-refractivity contribution in [3.8, 4) is 0 Å². The molecule has 3 rings (SSSR count). The molecule has 1 amide bonds. The number of aliphatic hydroxyl groups excluding tert-OH is 1. The average Bonchev–Trinajstić information content (AvgIpc) is 3.01. The zero-order valence-corrected chi connectivity index (χ0v) is 14.0. The number of anilines is 1. The number of alkyl halides is 3. The zero-order chi connectivity index (χ0) is 19.6. The highest BCUT2D eigenvalue weighted by Crippen LogP contribution is 2.21. The third-order valence-electron chi connectivity index (χ3n) is 3.64. The molecule has 2 N–H and O–H groups in total. The molecule has 0 spiro atoms. The number of nitrogens with one attached hydrogen (secondary N) is 1. The lowest BCUT2D eigenvalue weighted by Gasteiger charge is -2.08. The number of amides is 1. The van der Waals surface area contributed by atoms with Gasteiger partial charge in [-0.25, -0.2) is 9.97 Å². The maximum Gasteiger partial charge on any atom is 0.409 e. The van der Waals surface area contributed by atoms with Crippen LogP contribution in [0.5, 0.6) is 0 Å². The molecule has 3 aromatic rings. The van der Waals surface area contributed by atoms with Crippen molar-refractivity contribution >= 4 is 28.9 Å². The summed E-state index contributed by atoms with van der Waals surface area (Å²) in [7, 11) is 0. The van der Waals surface area contributed by atoms with Gasteiger partial charge in [0.15, 0.2) is 0 Å². The van der Waals surface area contributed by atoms with Crippen LogP contribution in [0.25, 0.3) is 17.3 Å². The molecule has 9 heteroatoms. The SMILES string of the molecule is Cc1cc(C=CC(F)(F)F)ccc1C(=O)Nc1cnc2oc(CO)nc2c1. The first kappa shape index (κ1) is 18.6. The van der Waals surface area contributed by atoms with Crippen molar-refractivity contribution in [3.05, 3.63) is 59.1 Å². The Morgan fingerprint density at radius 2 is 2.11 bits per heavy atom. The van der Waals surface area contributed by atoms with Gasteiger partial charge in [-0.3, -0.25) is 4.79 Å². The summed E-state index contributed by atoms with van der Waals surface area (Å²) in [6.45, 7) is 1.26. The number of rotatable bonds is 4. The maximum absolute atomic E-state index is 12.4. The Balaban J connectivity index is 1.78. The van der Waals surface area contributed by atoms with E-state index in [4.69, 9.17) is 9.52 Å². The minimum atomic E-state index is -4.40. The van der Waals surface area contributed by atoms with Crippen molar-refractivity contribution in [3.63, 3.8) is 0 Å². The van der Waals surface area contributed by atoms with Crippen molar-refractivity contribution < 1.29 is 27.5 Å². The van der Waals surface area contributed by atoms with Crippen LogP contribution in [0, 0.1) is 6.92 Å². The normalized spacial score (nSPS) is 12.0. The Hall–Kier alpha value is -3.20. The van der Waals surface area contributed by atoms with Crippen LogP contribution in [0.15, 0.2) is 41.0 Å². The number of carbonyl (C=O) groups excluding carboxylic acids is 1. The van der Waals surface area contributed by atoms with Gasteiger partial charge in [0.2, 0.25) is 11.6 Å². The first-order chi connectivity index (χ1) is 12.7. The molecular formula is C18H14F3N3O3. The van der Waals surface area contributed by atoms with Gasteiger partial charge >= 0.3 is 6.18 Å². The number of aromatic nitrogens is 2. The molecule has 0 aliphatic heterocycles. The van der Waals surface area contributed by atoms with E-state index in [1.165, 1.54) is 24.4 Å². The van der Waals surface area contributed by atoms with E-state index < -0.39 is 12.1 Å². The van der Waals surface area contributed by atoms with Crippen molar-refractivity contribution in [1.82, 2.24) is 9.97 Å². The number of benzene rings is 1. The van der Waals surface area contributed by atoms with Crippen LogP contribution in [0.4, 0.5) is 18.9 Å². The Labute approximate surface area is 151 Å². The smallest absolute Gasteiger partial charge is 0.409 e. The number of aryl methyl sites for hydroxylation is 1. The first-order valence-corrected chi connectivity index (χ1v) is 7.79. The molecule has 6 nitrogen and oxygen atoms in total. The van der Waals surface area contributed by atoms with Crippen LogP contribution < -0.4 is 5.32 Å². The lowest BCUT2D eigenvalue weighted by Crippen LogP contribution is -2.13. The summed E-state index contributed by atoms with van der Waals surface area (Å²) in [5, 5.41) is 11.7. The predicted molar refractivity (Wildman–Crippen MR) is 91.9 cm³/mol. The van der Waals surface area contributed by atoms with Gasteiger partial charge < -0.3 is 14.8 Å².